The molecule has 86 valence electrons. The van der Waals surface area contributed by atoms with E-state index in [1.165, 1.54) is 0 Å². The first-order valence-corrected chi connectivity index (χ1v) is 5.44. The third kappa shape index (κ3) is 2.31. The van der Waals surface area contributed by atoms with Gasteiger partial charge in [0.15, 0.2) is 0 Å². The summed E-state index contributed by atoms with van der Waals surface area (Å²) in [7, 11) is 1.84. The molecule has 0 saturated heterocycles. The van der Waals surface area contributed by atoms with Crippen molar-refractivity contribution in [3.8, 4) is 6.07 Å². The SMILES string of the molecule is Cn1ccc([C@@H](N)c2ccc(C#N)c(Cl)c2)n1. The first-order valence-electron chi connectivity index (χ1n) is 5.06. The van der Waals surface area contributed by atoms with Crippen LogP contribution >= 0.6 is 11.6 Å². The zero-order valence-corrected chi connectivity index (χ0v) is 10.0. The Bertz CT molecular complexity index is 582. The van der Waals surface area contributed by atoms with E-state index in [1.54, 1.807) is 22.9 Å². The van der Waals surface area contributed by atoms with Crippen molar-refractivity contribution < 1.29 is 0 Å². The summed E-state index contributed by atoms with van der Waals surface area (Å²) in [4.78, 5) is 0. The molecule has 0 radical (unpaired) electrons. The van der Waals surface area contributed by atoms with Crippen LogP contribution in [-0.2, 0) is 7.05 Å². The van der Waals surface area contributed by atoms with Gasteiger partial charge in [-0.05, 0) is 23.8 Å². The Morgan fingerprint density at radius 2 is 2.24 bits per heavy atom. The molecule has 2 aromatic rings. The molecule has 0 aliphatic carbocycles. The lowest BCUT2D eigenvalue weighted by Gasteiger charge is -2.10. The molecule has 1 aromatic carbocycles. The number of hydrogen-bond donors (Lipinski definition) is 1. The molecule has 0 aliphatic rings. The molecule has 0 bridgehead atoms. The predicted octanol–water partition coefficient (Wildman–Crippen LogP) is 1.99. The van der Waals surface area contributed by atoms with Crippen LogP contribution < -0.4 is 5.73 Å². The highest BCUT2D eigenvalue weighted by Crippen LogP contribution is 2.23. The molecular weight excluding hydrogens is 236 g/mol. The second-order valence-electron chi connectivity index (χ2n) is 3.74. The first-order chi connectivity index (χ1) is 8.11. The number of aromatic nitrogens is 2. The van der Waals surface area contributed by atoms with E-state index in [0.29, 0.717) is 10.6 Å². The van der Waals surface area contributed by atoms with Crippen LogP contribution in [0.2, 0.25) is 5.02 Å². The van der Waals surface area contributed by atoms with Crippen molar-refractivity contribution in [3.63, 3.8) is 0 Å². The van der Waals surface area contributed by atoms with Gasteiger partial charge in [0, 0.05) is 13.2 Å². The molecule has 5 heteroatoms. The third-order valence-corrected chi connectivity index (χ3v) is 2.84. The summed E-state index contributed by atoms with van der Waals surface area (Å²) in [5.74, 6) is 0. The molecule has 4 nitrogen and oxygen atoms in total. The van der Waals surface area contributed by atoms with E-state index < -0.39 is 0 Å². The number of aryl methyl sites for hydroxylation is 1. The van der Waals surface area contributed by atoms with Crippen molar-refractivity contribution >= 4 is 11.6 Å². The van der Waals surface area contributed by atoms with Crippen molar-refractivity contribution in [2.75, 3.05) is 0 Å². The number of hydrogen-bond acceptors (Lipinski definition) is 3. The van der Waals surface area contributed by atoms with Crippen LogP contribution in [0.5, 0.6) is 0 Å². The van der Waals surface area contributed by atoms with Crippen molar-refractivity contribution in [2.24, 2.45) is 12.8 Å². The lowest BCUT2D eigenvalue weighted by Crippen LogP contribution is -2.13. The largest absolute Gasteiger partial charge is 0.319 e. The number of benzene rings is 1. The Hall–Kier alpha value is -1.83. The van der Waals surface area contributed by atoms with Gasteiger partial charge in [0.1, 0.15) is 6.07 Å². The number of rotatable bonds is 2. The molecule has 0 aliphatic heterocycles. The fourth-order valence-corrected chi connectivity index (χ4v) is 1.82. The van der Waals surface area contributed by atoms with E-state index in [0.717, 1.165) is 11.3 Å². The molecule has 17 heavy (non-hydrogen) atoms. The standard InChI is InChI=1S/C12H11ClN4/c1-17-5-4-11(16-17)12(15)8-2-3-9(7-14)10(13)6-8/h2-6,12H,15H2,1H3/t12-/m0/s1. The minimum Gasteiger partial charge on any atom is -0.319 e. The molecular formula is C12H11ClN4. The number of halogens is 1. The van der Waals surface area contributed by atoms with Gasteiger partial charge in [-0.2, -0.15) is 10.4 Å². The summed E-state index contributed by atoms with van der Waals surface area (Å²) in [6.45, 7) is 0. The van der Waals surface area contributed by atoms with Gasteiger partial charge in [0.2, 0.25) is 0 Å². The monoisotopic (exact) mass is 246 g/mol. The molecule has 2 rings (SSSR count). The fourth-order valence-electron chi connectivity index (χ4n) is 1.59. The van der Waals surface area contributed by atoms with E-state index in [4.69, 9.17) is 22.6 Å². The average Bonchev–Trinajstić information content (AvgIpc) is 2.75. The first kappa shape index (κ1) is 11.6. The second-order valence-corrected chi connectivity index (χ2v) is 4.15. The van der Waals surface area contributed by atoms with E-state index in [1.807, 2.05) is 25.4 Å². The quantitative estimate of drug-likeness (QED) is 0.881. The minimum absolute atomic E-state index is 0.332. The molecule has 1 heterocycles. The van der Waals surface area contributed by atoms with Crippen LogP contribution in [0.25, 0.3) is 0 Å². The minimum atomic E-state index is -0.332. The summed E-state index contributed by atoms with van der Waals surface area (Å²) in [6.07, 6.45) is 1.83. The molecule has 0 unspecified atom stereocenters. The van der Waals surface area contributed by atoms with E-state index in [2.05, 4.69) is 5.10 Å². The third-order valence-electron chi connectivity index (χ3n) is 2.53. The Balaban J connectivity index is 2.35. The lowest BCUT2D eigenvalue weighted by molar-refractivity contribution is 0.716. The highest BCUT2D eigenvalue weighted by Gasteiger charge is 2.13. The van der Waals surface area contributed by atoms with Gasteiger partial charge in [-0.1, -0.05) is 17.7 Å². The van der Waals surface area contributed by atoms with Crippen LogP contribution in [0.15, 0.2) is 30.5 Å². The fraction of sp³-hybridized carbons (Fsp3) is 0.167. The topological polar surface area (TPSA) is 67.6 Å². The summed E-state index contributed by atoms with van der Waals surface area (Å²) in [5, 5.41) is 13.4. The zero-order valence-electron chi connectivity index (χ0n) is 9.26. The van der Waals surface area contributed by atoms with E-state index >= 15 is 0 Å². The predicted molar refractivity (Wildman–Crippen MR) is 65.4 cm³/mol. The summed E-state index contributed by atoms with van der Waals surface area (Å²) in [5.41, 5.74) is 8.13. The summed E-state index contributed by atoms with van der Waals surface area (Å²) >= 11 is 5.96. The molecule has 0 spiro atoms. The van der Waals surface area contributed by atoms with Crippen molar-refractivity contribution in [3.05, 3.63) is 52.3 Å². The molecule has 0 saturated carbocycles. The van der Waals surface area contributed by atoms with Crippen LogP contribution in [0.1, 0.15) is 22.9 Å². The Kier molecular flexibility index (Phi) is 3.14. The second kappa shape index (κ2) is 4.58. The van der Waals surface area contributed by atoms with Gasteiger partial charge >= 0.3 is 0 Å². The maximum Gasteiger partial charge on any atom is 0.101 e. The molecule has 1 atom stereocenters. The maximum atomic E-state index is 8.79. The Labute approximate surface area is 104 Å². The van der Waals surface area contributed by atoms with Gasteiger partial charge in [-0.25, -0.2) is 0 Å². The van der Waals surface area contributed by atoms with Gasteiger partial charge in [0.25, 0.3) is 0 Å². The van der Waals surface area contributed by atoms with Crippen molar-refractivity contribution in [2.45, 2.75) is 6.04 Å². The smallest absolute Gasteiger partial charge is 0.101 e. The lowest BCUT2D eigenvalue weighted by atomic mass is 10.0. The van der Waals surface area contributed by atoms with Crippen LogP contribution in [0, 0.1) is 11.3 Å². The van der Waals surface area contributed by atoms with Crippen LogP contribution in [0.3, 0.4) is 0 Å². The van der Waals surface area contributed by atoms with Gasteiger partial charge in [0.05, 0.1) is 22.3 Å². The van der Waals surface area contributed by atoms with Crippen LogP contribution in [-0.4, -0.2) is 9.78 Å². The molecule has 2 N–H and O–H groups in total. The molecule has 1 aromatic heterocycles. The van der Waals surface area contributed by atoms with Crippen molar-refractivity contribution in [1.82, 2.24) is 9.78 Å². The Morgan fingerprint density at radius 1 is 1.47 bits per heavy atom. The maximum absolute atomic E-state index is 8.79. The van der Waals surface area contributed by atoms with Crippen LogP contribution in [0.4, 0.5) is 0 Å². The molecule has 0 amide bonds. The summed E-state index contributed by atoms with van der Waals surface area (Å²) < 4.78 is 1.69. The average molecular weight is 247 g/mol. The number of nitriles is 1. The highest BCUT2D eigenvalue weighted by atomic mass is 35.5. The van der Waals surface area contributed by atoms with Gasteiger partial charge in [-0.3, -0.25) is 4.68 Å². The van der Waals surface area contributed by atoms with Gasteiger partial charge < -0.3 is 5.73 Å². The highest BCUT2D eigenvalue weighted by molar-refractivity contribution is 6.31. The normalized spacial score (nSPS) is 12.1. The molecule has 0 fully saturated rings. The number of nitrogens with zero attached hydrogens (tertiary/aromatic N) is 3. The van der Waals surface area contributed by atoms with Crippen molar-refractivity contribution in [1.29, 1.82) is 5.26 Å². The van der Waals surface area contributed by atoms with Gasteiger partial charge in [-0.15, -0.1) is 0 Å². The number of nitrogens with two attached hydrogens (primary N) is 1. The summed E-state index contributed by atoms with van der Waals surface area (Å²) in [6, 6.07) is 8.71. The van der Waals surface area contributed by atoms with E-state index in [9.17, 15) is 0 Å². The Morgan fingerprint density at radius 3 is 2.76 bits per heavy atom. The zero-order chi connectivity index (χ0) is 12.4. The van der Waals surface area contributed by atoms with E-state index in [-0.39, 0.29) is 6.04 Å².